The number of carbonyl (C=O) groups is 2. The Morgan fingerprint density at radius 3 is 1.44 bits per heavy atom. The van der Waals surface area contributed by atoms with Gasteiger partial charge in [0.05, 0.1) is 0 Å². The standard InChI is InChI=1S/C29H23N3O4/c1-18-12-20(3)27(13-19(18)2)32(25-8-4-21(5-9-25)14-23(16-30)28(33)34)26-10-6-22(7-11-26)15-24(17-31)29(35)36/h4-15H,1-3H3,(H,33,34)(H,35,36)/b23-14-,24-15+. The first-order valence-electron chi connectivity index (χ1n) is 10.9. The normalized spacial score (nSPS) is 11.4. The Labute approximate surface area is 209 Å². The Hall–Kier alpha value is -5.14. The summed E-state index contributed by atoms with van der Waals surface area (Å²) in [5.41, 5.74) is 6.31. The molecule has 3 rings (SSSR count). The van der Waals surface area contributed by atoms with Crippen molar-refractivity contribution in [2.45, 2.75) is 20.8 Å². The highest BCUT2D eigenvalue weighted by Gasteiger charge is 2.16. The van der Waals surface area contributed by atoms with Crippen LogP contribution < -0.4 is 4.90 Å². The van der Waals surface area contributed by atoms with Crippen molar-refractivity contribution in [2.75, 3.05) is 4.90 Å². The summed E-state index contributed by atoms with van der Waals surface area (Å²) in [4.78, 5) is 24.4. The molecule has 0 amide bonds. The minimum absolute atomic E-state index is 0.355. The van der Waals surface area contributed by atoms with Crippen molar-refractivity contribution >= 4 is 41.2 Å². The highest BCUT2D eigenvalue weighted by Crippen LogP contribution is 2.38. The minimum Gasteiger partial charge on any atom is -0.477 e. The van der Waals surface area contributed by atoms with E-state index in [1.807, 2.05) is 49.9 Å². The lowest BCUT2D eigenvalue weighted by molar-refractivity contribution is -0.133. The number of carboxylic acids is 2. The monoisotopic (exact) mass is 477 g/mol. The second-order valence-electron chi connectivity index (χ2n) is 8.19. The van der Waals surface area contributed by atoms with Gasteiger partial charge in [0.25, 0.3) is 0 Å². The first-order valence-corrected chi connectivity index (χ1v) is 10.9. The third-order valence-electron chi connectivity index (χ3n) is 5.68. The quantitative estimate of drug-likeness (QED) is 0.313. The largest absolute Gasteiger partial charge is 0.477 e. The molecule has 0 fully saturated rings. The first kappa shape index (κ1) is 25.5. The van der Waals surface area contributed by atoms with Gasteiger partial charge in [0.15, 0.2) is 0 Å². The SMILES string of the molecule is Cc1cc(C)c(N(c2ccc(/C=C(/C#N)C(=O)O)cc2)c2ccc(/C=C(\C#N)C(=O)O)cc2)cc1C. The lowest BCUT2D eigenvalue weighted by Crippen LogP contribution is -2.12. The van der Waals surface area contributed by atoms with Gasteiger partial charge in [-0.15, -0.1) is 0 Å². The van der Waals surface area contributed by atoms with Gasteiger partial charge in [-0.25, -0.2) is 9.59 Å². The predicted molar refractivity (Wildman–Crippen MR) is 138 cm³/mol. The van der Waals surface area contributed by atoms with Crippen LogP contribution in [0.4, 0.5) is 17.1 Å². The molecule has 3 aromatic rings. The summed E-state index contributed by atoms with van der Waals surface area (Å²) in [6.45, 7) is 6.09. The maximum Gasteiger partial charge on any atom is 0.346 e. The van der Waals surface area contributed by atoms with Crippen LogP contribution >= 0.6 is 0 Å². The van der Waals surface area contributed by atoms with E-state index in [1.165, 1.54) is 12.2 Å². The molecule has 7 nitrogen and oxygen atoms in total. The van der Waals surface area contributed by atoms with Crippen LogP contribution in [-0.4, -0.2) is 22.2 Å². The van der Waals surface area contributed by atoms with Crippen molar-refractivity contribution in [3.8, 4) is 12.1 Å². The zero-order chi connectivity index (χ0) is 26.4. The van der Waals surface area contributed by atoms with E-state index in [-0.39, 0.29) is 11.1 Å². The summed E-state index contributed by atoms with van der Waals surface area (Å²) in [6.07, 6.45) is 2.63. The molecule has 3 aromatic carbocycles. The Bertz CT molecular complexity index is 1380. The van der Waals surface area contributed by atoms with Crippen LogP contribution in [0.1, 0.15) is 27.8 Å². The molecule has 0 heterocycles. The molecule has 7 heteroatoms. The Morgan fingerprint density at radius 1 is 0.694 bits per heavy atom. The average Bonchev–Trinajstić information content (AvgIpc) is 2.85. The number of nitriles is 2. The molecule has 0 unspecified atom stereocenters. The summed E-state index contributed by atoms with van der Waals surface area (Å²) >= 11 is 0. The molecular formula is C29H23N3O4. The zero-order valence-corrected chi connectivity index (χ0v) is 20.0. The number of benzene rings is 3. The van der Waals surface area contributed by atoms with Gasteiger partial charge in [0.2, 0.25) is 0 Å². The van der Waals surface area contributed by atoms with Crippen LogP contribution in [0.15, 0.2) is 71.8 Å². The molecule has 0 atom stereocenters. The third-order valence-corrected chi connectivity index (χ3v) is 5.68. The summed E-state index contributed by atoms with van der Waals surface area (Å²) < 4.78 is 0. The fraction of sp³-hybridized carbons (Fsp3) is 0.103. The maximum absolute atomic E-state index is 11.2. The van der Waals surface area contributed by atoms with Crippen LogP contribution in [-0.2, 0) is 9.59 Å². The first-order chi connectivity index (χ1) is 17.1. The van der Waals surface area contributed by atoms with E-state index in [0.717, 1.165) is 33.8 Å². The van der Waals surface area contributed by atoms with Gasteiger partial charge in [-0.2, -0.15) is 10.5 Å². The van der Waals surface area contributed by atoms with Crippen molar-refractivity contribution in [1.82, 2.24) is 0 Å². The Balaban J connectivity index is 2.12. The number of rotatable bonds is 7. The van der Waals surface area contributed by atoms with Crippen molar-refractivity contribution in [1.29, 1.82) is 10.5 Å². The molecule has 0 aliphatic carbocycles. The summed E-state index contributed by atoms with van der Waals surface area (Å²) in [7, 11) is 0. The summed E-state index contributed by atoms with van der Waals surface area (Å²) in [5.74, 6) is -2.57. The number of nitrogens with zero attached hydrogens (tertiary/aromatic N) is 3. The second-order valence-corrected chi connectivity index (χ2v) is 8.19. The zero-order valence-electron chi connectivity index (χ0n) is 20.0. The molecule has 0 aromatic heterocycles. The van der Waals surface area contributed by atoms with Crippen LogP contribution in [0.25, 0.3) is 12.2 Å². The number of aliphatic carboxylic acids is 2. The second kappa shape index (κ2) is 10.9. The van der Waals surface area contributed by atoms with Gasteiger partial charge >= 0.3 is 11.9 Å². The van der Waals surface area contributed by atoms with E-state index in [0.29, 0.717) is 11.1 Å². The molecule has 2 N–H and O–H groups in total. The molecule has 178 valence electrons. The molecule has 0 spiro atoms. The van der Waals surface area contributed by atoms with Gasteiger partial charge in [-0.1, -0.05) is 30.3 Å². The van der Waals surface area contributed by atoms with Gasteiger partial charge in [-0.3, -0.25) is 0 Å². The van der Waals surface area contributed by atoms with E-state index < -0.39 is 11.9 Å². The van der Waals surface area contributed by atoms with Crippen LogP contribution in [0.5, 0.6) is 0 Å². The van der Waals surface area contributed by atoms with E-state index >= 15 is 0 Å². The summed E-state index contributed by atoms with van der Waals surface area (Å²) in [5, 5.41) is 36.3. The number of carboxylic acid groups (broad SMARTS) is 2. The lowest BCUT2D eigenvalue weighted by atomic mass is 10.0. The highest BCUT2D eigenvalue weighted by molar-refractivity contribution is 5.97. The number of anilines is 3. The van der Waals surface area contributed by atoms with Crippen LogP contribution in [0.2, 0.25) is 0 Å². The number of hydrogen-bond acceptors (Lipinski definition) is 5. The summed E-state index contributed by atoms with van der Waals surface area (Å²) in [6, 6.07) is 21.8. The molecule has 0 saturated carbocycles. The molecule has 0 bridgehead atoms. The Morgan fingerprint density at radius 2 is 1.08 bits per heavy atom. The molecule has 0 radical (unpaired) electrons. The third kappa shape index (κ3) is 5.67. The van der Waals surface area contributed by atoms with Crippen molar-refractivity contribution in [3.05, 3.63) is 99.6 Å². The fourth-order valence-electron chi connectivity index (χ4n) is 3.67. The van der Waals surface area contributed by atoms with Crippen molar-refractivity contribution < 1.29 is 19.8 Å². The topological polar surface area (TPSA) is 125 Å². The van der Waals surface area contributed by atoms with Crippen LogP contribution in [0, 0.1) is 43.4 Å². The highest BCUT2D eigenvalue weighted by atomic mass is 16.4. The number of aryl methyl sites for hydroxylation is 3. The predicted octanol–water partition coefficient (Wildman–Crippen LogP) is 6.06. The lowest BCUT2D eigenvalue weighted by Gasteiger charge is -2.28. The van der Waals surface area contributed by atoms with Crippen LogP contribution in [0.3, 0.4) is 0 Å². The van der Waals surface area contributed by atoms with Gasteiger partial charge in [0.1, 0.15) is 23.3 Å². The van der Waals surface area contributed by atoms with E-state index in [4.69, 9.17) is 20.7 Å². The minimum atomic E-state index is -1.29. The molecule has 0 aliphatic heterocycles. The van der Waals surface area contributed by atoms with E-state index in [1.54, 1.807) is 36.4 Å². The molecule has 0 aliphatic rings. The molecule has 36 heavy (non-hydrogen) atoms. The van der Waals surface area contributed by atoms with E-state index in [2.05, 4.69) is 12.1 Å². The average molecular weight is 478 g/mol. The van der Waals surface area contributed by atoms with Gasteiger partial charge in [-0.05, 0) is 91.1 Å². The molecular weight excluding hydrogens is 454 g/mol. The van der Waals surface area contributed by atoms with E-state index in [9.17, 15) is 9.59 Å². The van der Waals surface area contributed by atoms with Gasteiger partial charge in [0, 0.05) is 17.1 Å². The number of hydrogen-bond donors (Lipinski definition) is 2. The van der Waals surface area contributed by atoms with Crippen molar-refractivity contribution in [3.63, 3.8) is 0 Å². The smallest absolute Gasteiger partial charge is 0.346 e. The van der Waals surface area contributed by atoms with Crippen molar-refractivity contribution in [2.24, 2.45) is 0 Å². The Kier molecular flexibility index (Phi) is 7.69. The van der Waals surface area contributed by atoms with Gasteiger partial charge < -0.3 is 15.1 Å². The fourth-order valence-corrected chi connectivity index (χ4v) is 3.67. The maximum atomic E-state index is 11.2. The molecule has 0 saturated heterocycles.